The summed E-state index contributed by atoms with van der Waals surface area (Å²) in [6.07, 6.45) is 0. The molecule has 0 saturated carbocycles. The lowest BCUT2D eigenvalue weighted by Crippen LogP contribution is -1.88. The molecule has 0 radical (unpaired) electrons. The number of rotatable bonds is 1. The topological polar surface area (TPSA) is 22.1 Å². The Hall–Kier alpha value is -0.320. The maximum Gasteiger partial charge on any atom is 0.123 e. The van der Waals surface area contributed by atoms with Gasteiger partial charge >= 0.3 is 0 Å². The van der Waals surface area contributed by atoms with Crippen LogP contribution in [-0.4, -0.2) is 12.1 Å². The van der Waals surface area contributed by atoms with Gasteiger partial charge in [0, 0.05) is 17.8 Å². The maximum atomic E-state index is 5.03. The largest absolute Gasteiger partial charge is 0.497 e. The Morgan fingerprint density at radius 1 is 1.50 bits per heavy atom. The van der Waals surface area contributed by atoms with Crippen molar-refractivity contribution in [1.82, 2.24) is 4.98 Å². The summed E-state index contributed by atoms with van der Waals surface area (Å²) in [7, 11) is 1.66. The van der Waals surface area contributed by atoms with Gasteiger partial charge in [0.15, 0.2) is 0 Å². The van der Waals surface area contributed by atoms with E-state index in [2.05, 4.69) is 27.6 Å². The number of halogens is 1. The van der Waals surface area contributed by atoms with E-state index >= 15 is 0 Å². The summed E-state index contributed by atoms with van der Waals surface area (Å²) in [5, 5.41) is 0. The van der Waals surface area contributed by atoms with Gasteiger partial charge in [-0.15, -0.1) is 0 Å². The van der Waals surface area contributed by atoms with E-state index in [4.69, 9.17) is 4.74 Å². The fourth-order valence-electron chi connectivity index (χ4n) is 0.716. The van der Waals surface area contributed by atoms with E-state index in [-0.39, 0.29) is 0 Å². The summed E-state index contributed by atoms with van der Waals surface area (Å²) in [6.45, 7) is 1.95. The van der Waals surface area contributed by atoms with E-state index in [1.54, 1.807) is 7.11 Å². The summed E-state index contributed by atoms with van der Waals surface area (Å²) in [6, 6.07) is 3.80. The summed E-state index contributed by atoms with van der Waals surface area (Å²) in [5.74, 6) is 0.872. The zero-order valence-electron chi connectivity index (χ0n) is 5.89. The molecule has 0 unspecified atom stereocenters. The quantitative estimate of drug-likeness (QED) is 0.561. The molecule has 0 aliphatic heterocycles. The first-order valence-electron chi connectivity index (χ1n) is 2.90. The lowest BCUT2D eigenvalue weighted by atomic mass is 10.4. The van der Waals surface area contributed by atoms with Gasteiger partial charge in [0.05, 0.1) is 7.11 Å². The Bertz CT molecular complexity index is 217. The summed E-state index contributed by atoms with van der Waals surface area (Å²) in [4.78, 5) is 4.19. The predicted octanol–water partition coefficient (Wildman–Crippen LogP) is 2.00. The van der Waals surface area contributed by atoms with Crippen LogP contribution in [0.1, 0.15) is 5.69 Å². The van der Waals surface area contributed by atoms with Crippen LogP contribution < -0.4 is 4.74 Å². The molecule has 0 aromatic carbocycles. The molecule has 1 aromatic rings. The van der Waals surface area contributed by atoms with Crippen LogP contribution in [0.3, 0.4) is 0 Å². The molecule has 2 nitrogen and oxygen atoms in total. The van der Waals surface area contributed by atoms with Gasteiger partial charge in [-0.05, 0) is 29.5 Å². The third kappa shape index (κ3) is 1.83. The number of ether oxygens (including phenoxy) is 1. The van der Waals surface area contributed by atoms with Crippen molar-refractivity contribution < 1.29 is 4.74 Å². The van der Waals surface area contributed by atoms with E-state index < -0.39 is 0 Å². The van der Waals surface area contributed by atoms with E-state index in [1.807, 2.05) is 19.1 Å². The highest BCUT2D eigenvalue weighted by Crippen LogP contribution is 2.13. The van der Waals surface area contributed by atoms with Crippen LogP contribution in [0.15, 0.2) is 12.1 Å². The number of aryl methyl sites for hydroxylation is 1. The van der Waals surface area contributed by atoms with Crippen molar-refractivity contribution in [2.75, 3.05) is 7.11 Å². The minimum absolute atomic E-state index is 0.872. The lowest BCUT2D eigenvalue weighted by molar-refractivity contribution is 0.413. The van der Waals surface area contributed by atoms with Crippen molar-refractivity contribution >= 4 is 22.6 Å². The minimum Gasteiger partial charge on any atom is -0.497 e. The summed E-state index contributed by atoms with van der Waals surface area (Å²) in [5.41, 5.74) is 0.990. The molecule has 0 N–H and O–H groups in total. The van der Waals surface area contributed by atoms with Crippen LogP contribution in [-0.2, 0) is 0 Å². The minimum atomic E-state index is 0.872. The van der Waals surface area contributed by atoms with Crippen molar-refractivity contribution in [3.05, 3.63) is 21.5 Å². The molecule has 1 rings (SSSR count). The van der Waals surface area contributed by atoms with Gasteiger partial charge in [-0.2, -0.15) is 0 Å². The zero-order chi connectivity index (χ0) is 7.56. The number of aromatic nitrogens is 1. The molecule has 0 aliphatic carbocycles. The number of methoxy groups -OCH3 is 1. The Kier molecular flexibility index (Phi) is 2.48. The normalized spacial score (nSPS) is 9.50. The van der Waals surface area contributed by atoms with Crippen molar-refractivity contribution in [3.63, 3.8) is 0 Å². The van der Waals surface area contributed by atoms with E-state index in [1.165, 1.54) is 0 Å². The Morgan fingerprint density at radius 3 is 2.70 bits per heavy atom. The Morgan fingerprint density at radius 2 is 2.20 bits per heavy atom. The first-order chi connectivity index (χ1) is 4.72. The maximum absolute atomic E-state index is 5.03. The van der Waals surface area contributed by atoms with Gasteiger partial charge in [-0.1, -0.05) is 0 Å². The van der Waals surface area contributed by atoms with Crippen LogP contribution in [0.5, 0.6) is 5.75 Å². The molecular formula is C7H8INO. The lowest BCUT2D eigenvalue weighted by Gasteiger charge is -2.00. The van der Waals surface area contributed by atoms with E-state index in [0.29, 0.717) is 0 Å². The number of pyridine rings is 1. The first kappa shape index (κ1) is 7.78. The third-order valence-electron chi connectivity index (χ3n) is 1.13. The van der Waals surface area contributed by atoms with Crippen LogP contribution >= 0.6 is 22.6 Å². The molecule has 0 atom stereocenters. The molecule has 0 bridgehead atoms. The van der Waals surface area contributed by atoms with Crippen LogP contribution in [0.2, 0.25) is 0 Å². The molecular weight excluding hydrogens is 241 g/mol. The summed E-state index contributed by atoms with van der Waals surface area (Å²) >= 11 is 2.16. The Labute approximate surface area is 73.8 Å². The number of nitrogens with zero attached hydrogens (tertiary/aromatic N) is 1. The zero-order valence-corrected chi connectivity index (χ0v) is 8.05. The molecule has 0 aliphatic rings. The highest BCUT2D eigenvalue weighted by molar-refractivity contribution is 14.1. The van der Waals surface area contributed by atoms with Crippen molar-refractivity contribution in [1.29, 1.82) is 0 Å². The third-order valence-corrected chi connectivity index (χ3v) is 1.68. The van der Waals surface area contributed by atoms with Crippen molar-refractivity contribution in [2.45, 2.75) is 6.92 Å². The molecule has 0 amide bonds. The van der Waals surface area contributed by atoms with Gasteiger partial charge in [0.1, 0.15) is 9.45 Å². The van der Waals surface area contributed by atoms with Crippen LogP contribution in [0.4, 0.5) is 0 Å². The fourth-order valence-corrected chi connectivity index (χ4v) is 1.40. The van der Waals surface area contributed by atoms with Crippen molar-refractivity contribution in [2.24, 2.45) is 0 Å². The van der Waals surface area contributed by atoms with E-state index in [0.717, 1.165) is 15.1 Å². The molecule has 54 valence electrons. The van der Waals surface area contributed by atoms with Crippen LogP contribution in [0.25, 0.3) is 0 Å². The molecule has 1 aromatic heterocycles. The number of hydrogen-bond donors (Lipinski definition) is 0. The number of hydrogen-bond acceptors (Lipinski definition) is 2. The SMILES string of the molecule is COc1cc(C)nc(I)c1. The fraction of sp³-hybridized carbons (Fsp3) is 0.286. The molecule has 0 saturated heterocycles. The summed E-state index contributed by atoms with van der Waals surface area (Å²) < 4.78 is 6.00. The first-order valence-corrected chi connectivity index (χ1v) is 3.98. The molecule has 3 heteroatoms. The van der Waals surface area contributed by atoms with Gasteiger partial charge in [-0.25, -0.2) is 4.98 Å². The second kappa shape index (κ2) is 3.18. The highest BCUT2D eigenvalue weighted by Gasteiger charge is 1.94. The van der Waals surface area contributed by atoms with Crippen molar-refractivity contribution in [3.8, 4) is 5.75 Å². The van der Waals surface area contributed by atoms with Gasteiger partial charge < -0.3 is 4.74 Å². The monoisotopic (exact) mass is 249 g/mol. The average Bonchev–Trinajstić information content (AvgIpc) is 1.85. The van der Waals surface area contributed by atoms with Gasteiger partial charge in [0.2, 0.25) is 0 Å². The second-order valence-corrected chi connectivity index (χ2v) is 3.08. The van der Waals surface area contributed by atoms with Gasteiger partial charge in [0.25, 0.3) is 0 Å². The second-order valence-electron chi connectivity index (χ2n) is 1.97. The molecule has 0 spiro atoms. The van der Waals surface area contributed by atoms with E-state index in [9.17, 15) is 0 Å². The molecule has 10 heavy (non-hydrogen) atoms. The van der Waals surface area contributed by atoms with Crippen LogP contribution in [0, 0.1) is 10.6 Å². The Balaban J connectivity index is 3.06. The smallest absolute Gasteiger partial charge is 0.123 e. The molecule has 1 heterocycles. The average molecular weight is 249 g/mol. The predicted molar refractivity (Wildman–Crippen MR) is 48.2 cm³/mol. The standard InChI is InChI=1S/C7H8INO/c1-5-3-6(10-2)4-7(8)9-5/h3-4H,1-2H3. The highest BCUT2D eigenvalue weighted by atomic mass is 127. The molecule has 0 fully saturated rings. The van der Waals surface area contributed by atoms with Gasteiger partial charge in [-0.3, -0.25) is 0 Å².